The summed E-state index contributed by atoms with van der Waals surface area (Å²) in [5, 5.41) is 2.81. The fraction of sp³-hybridized carbons (Fsp3) is 0.421. The van der Waals surface area contributed by atoms with Crippen molar-refractivity contribution in [3.05, 3.63) is 48.0 Å². The van der Waals surface area contributed by atoms with Gasteiger partial charge in [-0.05, 0) is 25.8 Å². The van der Waals surface area contributed by atoms with E-state index in [4.69, 9.17) is 9.47 Å². The zero-order valence-corrected chi connectivity index (χ0v) is 15.4. The summed E-state index contributed by atoms with van der Waals surface area (Å²) in [6, 6.07) is 9.42. The Labute approximate surface area is 154 Å². The normalized spacial score (nSPS) is 10.6. The predicted molar refractivity (Wildman–Crippen MR) is 97.3 cm³/mol. The topological polar surface area (TPSA) is 84.9 Å². The molecule has 0 bridgehead atoms. The lowest BCUT2D eigenvalue weighted by atomic mass is 10.2. The lowest BCUT2D eigenvalue weighted by Crippen LogP contribution is -2.37. The molecule has 0 spiro atoms. The maximum Gasteiger partial charge on any atom is 0.331 e. The summed E-state index contributed by atoms with van der Waals surface area (Å²) >= 11 is 0. The molecule has 0 saturated carbocycles. The van der Waals surface area contributed by atoms with Crippen LogP contribution in [0, 0.1) is 0 Å². The zero-order chi connectivity index (χ0) is 19.4. The average Bonchev–Trinajstić information content (AvgIpc) is 2.61. The van der Waals surface area contributed by atoms with E-state index in [0.29, 0.717) is 19.5 Å². The lowest BCUT2D eigenvalue weighted by molar-refractivity contribution is -0.142. The van der Waals surface area contributed by atoms with Crippen LogP contribution in [0.3, 0.4) is 0 Å². The molecule has 7 heteroatoms. The number of benzene rings is 1. The number of esters is 2. The highest BCUT2D eigenvalue weighted by molar-refractivity contribution is 5.91. The highest BCUT2D eigenvalue weighted by atomic mass is 16.5. The van der Waals surface area contributed by atoms with E-state index in [0.717, 1.165) is 17.7 Å². The standard InChI is InChI=1S/C19H26N2O5/c1-15(2)26-18(23)11-10-17(22)25-13-7-12-21(3)19(24)20-14-16-8-5-4-6-9-16/h4-6,8-11,15H,7,12-14H2,1-3H3,(H,20,24)/b11-10+. The van der Waals surface area contributed by atoms with Gasteiger partial charge in [0.15, 0.2) is 0 Å². The third-order valence-electron chi connectivity index (χ3n) is 3.22. The van der Waals surface area contributed by atoms with Gasteiger partial charge in [-0.15, -0.1) is 0 Å². The number of nitrogens with zero attached hydrogens (tertiary/aromatic N) is 1. The number of carbonyl (C=O) groups is 3. The van der Waals surface area contributed by atoms with Crippen molar-refractivity contribution in [2.45, 2.75) is 32.9 Å². The van der Waals surface area contributed by atoms with Crippen molar-refractivity contribution in [3.63, 3.8) is 0 Å². The van der Waals surface area contributed by atoms with Gasteiger partial charge < -0.3 is 19.7 Å². The lowest BCUT2D eigenvalue weighted by Gasteiger charge is -2.17. The minimum atomic E-state index is -0.623. The van der Waals surface area contributed by atoms with Gasteiger partial charge in [0.05, 0.1) is 12.7 Å². The molecule has 0 unspecified atom stereocenters. The number of rotatable bonds is 9. The summed E-state index contributed by atoms with van der Waals surface area (Å²) in [5.74, 6) is -1.21. The Bertz CT molecular complexity index is 614. The van der Waals surface area contributed by atoms with Gasteiger partial charge in [0.1, 0.15) is 0 Å². The number of nitrogens with one attached hydrogen (secondary N) is 1. The van der Waals surface area contributed by atoms with Gasteiger partial charge in [-0.2, -0.15) is 0 Å². The van der Waals surface area contributed by atoms with E-state index in [1.807, 2.05) is 30.3 Å². The van der Waals surface area contributed by atoms with E-state index in [9.17, 15) is 14.4 Å². The second-order valence-corrected chi connectivity index (χ2v) is 5.91. The van der Waals surface area contributed by atoms with Gasteiger partial charge in [-0.1, -0.05) is 30.3 Å². The number of urea groups is 1. The molecule has 1 aromatic rings. The smallest absolute Gasteiger partial charge is 0.331 e. The summed E-state index contributed by atoms with van der Waals surface area (Å²) in [5.41, 5.74) is 1.02. The van der Waals surface area contributed by atoms with Crippen LogP contribution >= 0.6 is 0 Å². The molecule has 0 aliphatic carbocycles. The quantitative estimate of drug-likeness (QED) is 0.414. The summed E-state index contributed by atoms with van der Waals surface area (Å²) < 4.78 is 9.82. The summed E-state index contributed by atoms with van der Waals surface area (Å²) in [4.78, 5) is 36.2. The van der Waals surface area contributed by atoms with Gasteiger partial charge in [-0.25, -0.2) is 14.4 Å². The van der Waals surface area contributed by atoms with Crippen molar-refractivity contribution in [1.29, 1.82) is 0 Å². The molecule has 0 saturated heterocycles. The minimum absolute atomic E-state index is 0.151. The molecule has 0 aromatic heterocycles. The Morgan fingerprint density at radius 2 is 1.77 bits per heavy atom. The highest BCUT2D eigenvalue weighted by Gasteiger charge is 2.08. The number of hydrogen-bond acceptors (Lipinski definition) is 5. The van der Waals surface area contributed by atoms with E-state index < -0.39 is 11.9 Å². The second-order valence-electron chi connectivity index (χ2n) is 5.91. The van der Waals surface area contributed by atoms with Crippen LogP contribution in [-0.2, 0) is 25.6 Å². The van der Waals surface area contributed by atoms with Gasteiger partial charge in [0, 0.05) is 32.3 Å². The van der Waals surface area contributed by atoms with Crippen LogP contribution in [0.2, 0.25) is 0 Å². The fourth-order valence-electron chi connectivity index (χ4n) is 1.94. The third-order valence-corrected chi connectivity index (χ3v) is 3.22. The van der Waals surface area contributed by atoms with Crippen molar-refractivity contribution in [3.8, 4) is 0 Å². The van der Waals surface area contributed by atoms with Crippen molar-refractivity contribution in [2.24, 2.45) is 0 Å². The maximum atomic E-state index is 12.0. The monoisotopic (exact) mass is 362 g/mol. The van der Waals surface area contributed by atoms with Crippen LogP contribution in [-0.4, -0.2) is 49.2 Å². The molecule has 1 N–H and O–H groups in total. The van der Waals surface area contributed by atoms with Crippen LogP contribution in [0.5, 0.6) is 0 Å². The first-order valence-electron chi connectivity index (χ1n) is 8.47. The zero-order valence-electron chi connectivity index (χ0n) is 15.4. The summed E-state index contributed by atoms with van der Waals surface area (Å²) in [6.45, 7) is 4.48. The average molecular weight is 362 g/mol. The number of hydrogen-bond donors (Lipinski definition) is 1. The Balaban J connectivity index is 2.17. The number of amides is 2. The molecule has 0 aliphatic heterocycles. The van der Waals surface area contributed by atoms with Crippen molar-refractivity contribution in [2.75, 3.05) is 20.2 Å². The number of carbonyl (C=O) groups excluding carboxylic acids is 3. The van der Waals surface area contributed by atoms with E-state index >= 15 is 0 Å². The largest absolute Gasteiger partial charge is 0.462 e. The first-order valence-corrected chi connectivity index (χ1v) is 8.47. The third kappa shape index (κ3) is 9.46. The molecule has 1 aromatic carbocycles. The van der Waals surface area contributed by atoms with Crippen LogP contribution < -0.4 is 5.32 Å². The number of ether oxygens (including phenoxy) is 2. The van der Waals surface area contributed by atoms with Crippen LogP contribution in [0.25, 0.3) is 0 Å². The fourth-order valence-corrected chi connectivity index (χ4v) is 1.94. The van der Waals surface area contributed by atoms with E-state index in [1.165, 1.54) is 4.90 Å². The summed E-state index contributed by atoms with van der Waals surface area (Å²) in [7, 11) is 1.67. The van der Waals surface area contributed by atoms with Crippen LogP contribution in [0.1, 0.15) is 25.8 Å². The predicted octanol–water partition coefficient (Wildman–Crippen LogP) is 2.27. The van der Waals surface area contributed by atoms with Gasteiger partial charge in [-0.3, -0.25) is 0 Å². The van der Waals surface area contributed by atoms with E-state index in [2.05, 4.69) is 5.32 Å². The Morgan fingerprint density at radius 3 is 2.42 bits per heavy atom. The Kier molecular flexibility index (Phi) is 9.53. The molecular weight excluding hydrogens is 336 g/mol. The van der Waals surface area contributed by atoms with Crippen LogP contribution in [0.4, 0.5) is 4.79 Å². The molecule has 0 atom stereocenters. The van der Waals surface area contributed by atoms with E-state index in [-0.39, 0.29) is 18.7 Å². The molecule has 7 nitrogen and oxygen atoms in total. The van der Waals surface area contributed by atoms with Crippen molar-refractivity contribution < 1.29 is 23.9 Å². The maximum absolute atomic E-state index is 12.0. The van der Waals surface area contributed by atoms with Gasteiger partial charge in [0.2, 0.25) is 0 Å². The SMILES string of the molecule is CC(C)OC(=O)/C=C/C(=O)OCCCN(C)C(=O)NCc1ccccc1. The van der Waals surface area contributed by atoms with Crippen molar-refractivity contribution in [1.82, 2.24) is 10.2 Å². The second kappa shape index (κ2) is 11.7. The van der Waals surface area contributed by atoms with Crippen LogP contribution in [0.15, 0.2) is 42.5 Å². The molecule has 0 radical (unpaired) electrons. The van der Waals surface area contributed by atoms with Crippen molar-refractivity contribution >= 4 is 18.0 Å². The molecule has 0 fully saturated rings. The summed E-state index contributed by atoms with van der Waals surface area (Å²) in [6.07, 6.45) is 2.31. The van der Waals surface area contributed by atoms with E-state index in [1.54, 1.807) is 20.9 Å². The molecular formula is C19H26N2O5. The molecule has 142 valence electrons. The first kappa shape index (κ1) is 21.2. The molecule has 2 amide bonds. The minimum Gasteiger partial charge on any atom is -0.462 e. The first-order chi connectivity index (χ1) is 12.4. The highest BCUT2D eigenvalue weighted by Crippen LogP contribution is 1.98. The van der Waals surface area contributed by atoms with Gasteiger partial charge >= 0.3 is 18.0 Å². The molecule has 26 heavy (non-hydrogen) atoms. The Morgan fingerprint density at radius 1 is 1.12 bits per heavy atom. The van der Waals surface area contributed by atoms with Gasteiger partial charge in [0.25, 0.3) is 0 Å². The Hall–Kier alpha value is -2.83. The molecule has 0 aliphatic rings. The molecule has 1 rings (SSSR count). The molecule has 0 heterocycles.